The Balaban J connectivity index is 1.07. The molecule has 9 rings (SSSR count). The molecule has 0 aliphatic heterocycles. The zero-order chi connectivity index (χ0) is 31.2. The minimum Gasteiger partial charge on any atom is -0.284 e. The van der Waals surface area contributed by atoms with Gasteiger partial charge in [0, 0.05) is 64.0 Å². The third-order valence-electron chi connectivity index (χ3n) is 8.29. The van der Waals surface area contributed by atoms with E-state index in [0.29, 0.717) is 17.5 Å². The fraction of sp³-hybridized carbons (Fsp3) is 0. The molecule has 0 bridgehead atoms. The van der Waals surface area contributed by atoms with Crippen LogP contribution in [0.2, 0.25) is 0 Å². The van der Waals surface area contributed by atoms with Crippen LogP contribution in [0.5, 0.6) is 0 Å². The topological polar surface area (TPSA) is 94.6 Å². The molecule has 0 radical (unpaired) electrons. The van der Waals surface area contributed by atoms with Crippen LogP contribution in [0.1, 0.15) is 0 Å². The van der Waals surface area contributed by atoms with Crippen LogP contribution in [0.25, 0.3) is 84.1 Å². The van der Waals surface area contributed by atoms with Crippen molar-refractivity contribution in [3.05, 3.63) is 146 Å². The number of hydrogen-bond donors (Lipinski definition) is 0. The summed E-state index contributed by atoms with van der Waals surface area (Å²) in [5, 5.41) is 2.17. The van der Waals surface area contributed by atoms with Gasteiger partial charge in [0.1, 0.15) is 11.2 Å². The maximum atomic E-state index is 5.14. The van der Waals surface area contributed by atoms with Crippen molar-refractivity contribution in [2.75, 3.05) is 0 Å². The molecule has 8 nitrogen and oxygen atoms in total. The van der Waals surface area contributed by atoms with Gasteiger partial charge in [-0.2, -0.15) is 0 Å². The molecule has 0 spiro atoms. The summed E-state index contributed by atoms with van der Waals surface area (Å²) < 4.78 is 2.05. The monoisotopic (exact) mass is 604 g/mol. The molecule has 6 heterocycles. The van der Waals surface area contributed by atoms with Crippen LogP contribution in [0.15, 0.2) is 146 Å². The van der Waals surface area contributed by atoms with Crippen LogP contribution in [0, 0.1) is 0 Å². The lowest BCUT2D eigenvalue weighted by Gasteiger charge is -2.10. The molecule has 0 atom stereocenters. The van der Waals surface area contributed by atoms with E-state index in [1.165, 1.54) is 0 Å². The number of nitrogens with zero attached hydrogens (tertiary/aromatic N) is 8. The van der Waals surface area contributed by atoms with Crippen LogP contribution < -0.4 is 0 Å². The molecule has 0 N–H and O–H groups in total. The molecule has 8 heteroatoms. The Labute approximate surface area is 269 Å². The Bertz CT molecular complexity index is 2490. The highest BCUT2D eigenvalue weighted by molar-refractivity contribution is 6.09. The number of pyridine rings is 4. The fourth-order valence-electron chi connectivity index (χ4n) is 5.94. The van der Waals surface area contributed by atoms with E-state index in [-0.39, 0.29) is 0 Å². The maximum absolute atomic E-state index is 5.14. The molecule has 0 unspecified atom stereocenters. The summed E-state index contributed by atoms with van der Waals surface area (Å²) in [6.45, 7) is 0. The summed E-state index contributed by atoms with van der Waals surface area (Å²) in [5.74, 6) is 1.74. The molecule has 6 aromatic heterocycles. The first-order valence-corrected chi connectivity index (χ1v) is 15.2. The van der Waals surface area contributed by atoms with Crippen molar-refractivity contribution in [1.29, 1.82) is 0 Å². The van der Waals surface area contributed by atoms with E-state index < -0.39 is 0 Å². The van der Waals surface area contributed by atoms with E-state index >= 15 is 0 Å². The normalized spacial score (nSPS) is 11.4. The quantitative estimate of drug-likeness (QED) is 0.195. The summed E-state index contributed by atoms with van der Waals surface area (Å²) in [4.78, 5) is 32.8. The molecule has 0 fully saturated rings. The molecular formula is C39H24N8. The Morgan fingerprint density at radius 3 is 1.72 bits per heavy atom. The van der Waals surface area contributed by atoms with Gasteiger partial charge in [-0.05, 0) is 47.5 Å². The van der Waals surface area contributed by atoms with Gasteiger partial charge < -0.3 is 0 Å². The van der Waals surface area contributed by atoms with Crippen LogP contribution in [0.4, 0.5) is 0 Å². The summed E-state index contributed by atoms with van der Waals surface area (Å²) in [6, 6.07) is 38.8. The first-order chi connectivity index (χ1) is 23.3. The highest BCUT2D eigenvalue weighted by Crippen LogP contribution is 2.34. The summed E-state index contributed by atoms with van der Waals surface area (Å²) in [7, 11) is 0. The number of benzene rings is 3. The van der Waals surface area contributed by atoms with Gasteiger partial charge in [0.2, 0.25) is 0 Å². The Morgan fingerprint density at radius 2 is 1.02 bits per heavy atom. The zero-order valence-corrected chi connectivity index (χ0v) is 24.9. The molecule has 3 aromatic carbocycles. The van der Waals surface area contributed by atoms with Crippen LogP contribution >= 0.6 is 0 Å². The van der Waals surface area contributed by atoms with E-state index in [1.807, 2.05) is 53.1 Å². The molecule has 0 aliphatic carbocycles. The standard InChI is InChI=1S/C39H24N8/c1-2-8-32-31(7-1)34(43-39-35(32)42-33-9-3-4-23-47(33)39)27-14-10-25(11-15-27)26-12-16-28(17-13-26)36-44-37(29-18-21-40-22-19-29)46-38(45-36)30-6-5-20-41-24-30/h1-24H. The lowest BCUT2D eigenvalue weighted by atomic mass is 9.99. The molecule has 0 saturated carbocycles. The van der Waals surface area contributed by atoms with Gasteiger partial charge in [-0.1, -0.05) is 78.9 Å². The Hall–Kier alpha value is -6.67. The lowest BCUT2D eigenvalue weighted by molar-refractivity contribution is 1.07. The second-order valence-corrected chi connectivity index (χ2v) is 11.2. The molecule has 0 saturated heterocycles. The number of imidazole rings is 1. The molecular weight excluding hydrogens is 580 g/mol. The predicted molar refractivity (Wildman–Crippen MR) is 184 cm³/mol. The third kappa shape index (κ3) is 4.76. The van der Waals surface area contributed by atoms with Gasteiger partial charge in [-0.15, -0.1) is 0 Å². The molecule has 47 heavy (non-hydrogen) atoms. The zero-order valence-electron chi connectivity index (χ0n) is 24.9. The minimum absolute atomic E-state index is 0.567. The summed E-state index contributed by atoms with van der Waals surface area (Å²) in [6.07, 6.45) is 8.98. The molecule has 0 aliphatic rings. The van der Waals surface area contributed by atoms with Gasteiger partial charge >= 0.3 is 0 Å². The Morgan fingerprint density at radius 1 is 0.404 bits per heavy atom. The third-order valence-corrected chi connectivity index (χ3v) is 8.29. The van der Waals surface area contributed by atoms with Gasteiger partial charge in [-0.3, -0.25) is 14.4 Å². The number of fused-ring (bicyclic) bond motifs is 5. The van der Waals surface area contributed by atoms with E-state index in [4.69, 9.17) is 24.9 Å². The average Bonchev–Trinajstić information content (AvgIpc) is 3.54. The predicted octanol–water partition coefficient (Wildman–Crippen LogP) is 8.35. The fourth-order valence-corrected chi connectivity index (χ4v) is 5.94. The van der Waals surface area contributed by atoms with Gasteiger partial charge in [-0.25, -0.2) is 24.9 Å². The summed E-state index contributed by atoms with van der Waals surface area (Å²) >= 11 is 0. The van der Waals surface area contributed by atoms with Gasteiger partial charge in [0.05, 0.1) is 5.69 Å². The van der Waals surface area contributed by atoms with E-state index in [1.54, 1.807) is 24.8 Å². The van der Waals surface area contributed by atoms with Crippen molar-refractivity contribution in [1.82, 2.24) is 39.3 Å². The van der Waals surface area contributed by atoms with E-state index in [0.717, 1.165) is 66.7 Å². The Kier molecular flexibility index (Phi) is 6.28. The molecule has 0 amide bonds. The van der Waals surface area contributed by atoms with E-state index in [2.05, 4.69) is 82.8 Å². The number of rotatable bonds is 5. The van der Waals surface area contributed by atoms with Crippen molar-refractivity contribution in [2.45, 2.75) is 0 Å². The van der Waals surface area contributed by atoms with Crippen LogP contribution in [-0.2, 0) is 0 Å². The van der Waals surface area contributed by atoms with Gasteiger partial charge in [0.25, 0.3) is 0 Å². The van der Waals surface area contributed by atoms with Crippen LogP contribution in [0.3, 0.4) is 0 Å². The highest BCUT2D eigenvalue weighted by Gasteiger charge is 2.16. The van der Waals surface area contributed by atoms with E-state index in [9.17, 15) is 0 Å². The average molecular weight is 605 g/mol. The minimum atomic E-state index is 0.567. The second kappa shape index (κ2) is 11.0. The van der Waals surface area contributed by atoms with Crippen molar-refractivity contribution < 1.29 is 0 Å². The van der Waals surface area contributed by atoms with Crippen molar-refractivity contribution in [3.63, 3.8) is 0 Å². The SMILES string of the molecule is c1cncc(-c2nc(-c3ccncc3)nc(-c3ccc(-c4ccc(-c5nc6c(nc7ccccn76)c6ccccc56)cc4)cc3)n2)c1. The highest BCUT2D eigenvalue weighted by atomic mass is 15.1. The van der Waals surface area contributed by atoms with Crippen molar-refractivity contribution >= 4 is 27.6 Å². The lowest BCUT2D eigenvalue weighted by Crippen LogP contribution is -2.00. The first kappa shape index (κ1) is 26.7. The smallest absolute Gasteiger partial charge is 0.165 e. The van der Waals surface area contributed by atoms with Crippen molar-refractivity contribution in [2.24, 2.45) is 0 Å². The van der Waals surface area contributed by atoms with Crippen LogP contribution in [-0.4, -0.2) is 39.3 Å². The largest absolute Gasteiger partial charge is 0.284 e. The number of hydrogen-bond acceptors (Lipinski definition) is 7. The van der Waals surface area contributed by atoms with Crippen molar-refractivity contribution in [3.8, 4) is 56.5 Å². The van der Waals surface area contributed by atoms with Gasteiger partial charge in [0.15, 0.2) is 23.1 Å². The molecule has 220 valence electrons. The maximum Gasteiger partial charge on any atom is 0.165 e. The first-order valence-electron chi connectivity index (χ1n) is 15.2. The molecule has 9 aromatic rings. The summed E-state index contributed by atoms with van der Waals surface area (Å²) in [5.41, 5.74) is 9.41. The second-order valence-electron chi connectivity index (χ2n) is 11.2. The number of aromatic nitrogens is 8.